The lowest BCUT2D eigenvalue weighted by Crippen LogP contribution is -2.32. The predicted molar refractivity (Wildman–Crippen MR) is 84.9 cm³/mol. The van der Waals surface area contributed by atoms with Gasteiger partial charge in [0.2, 0.25) is 10.0 Å². The molecule has 1 heterocycles. The highest BCUT2D eigenvalue weighted by Gasteiger charge is 2.29. The molecule has 2 rings (SSSR count). The van der Waals surface area contributed by atoms with Crippen LogP contribution >= 0.6 is 15.9 Å². The lowest BCUT2D eigenvalue weighted by atomic mass is 9.98. The molecule has 1 fully saturated rings. The van der Waals surface area contributed by atoms with Gasteiger partial charge in [-0.05, 0) is 53.2 Å². The minimum Gasteiger partial charge on any atom is -0.398 e. The van der Waals surface area contributed by atoms with Crippen LogP contribution in [0.3, 0.4) is 0 Å². The Morgan fingerprint density at radius 1 is 1.38 bits per heavy atom. The first kappa shape index (κ1) is 16.7. The Morgan fingerprint density at radius 3 is 2.76 bits per heavy atom. The standard InChI is InChI=1S/C14H20BrFN2O2S/c1-2-10-4-3-6-18(7-5-10)21(19,20)14-8-11(15)12(16)9-13(14)17/h8-10H,2-7,17H2,1H3. The van der Waals surface area contributed by atoms with Crippen molar-refractivity contribution < 1.29 is 12.8 Å². The third-order valence-corrected chi connectivity index (χ3v) is 6.62. The largest absolute Gasteiger partial charge is 0.398 e. The molecule has 1 aromatic rings. The molecule has 0 aromatic heterocycles. The first-order valence-electron chi connectivity index (χ1n) is 7.11. The van der Waals surface area contributed by atoms with E-state index in [-0.39, 0.29) is 15.1 Å². The maximum Gasteiger partial charge on any atom is 0.245 e. The smallest absolute Gasteiger partial charge is 0.245 e. The third kappa shape index (κ3) is 3.57. The topological polar surface area (TPSA) is 63.4 Å². The normalized spacial score (nSPS) is 21.2. The summed E-state index contributed by atoms with van der Waals surface area (Å²) in [5, 5.41) is 0. The van der Waals surface area contributed by atoms with Crippen LogP contribution < -0.4 is 5.73 Å². The van der Waals surface area contributed by atoms with E-state index in [1.54, 1.807) is 0 Å². The first-order valence-corrected chi connectivity index (χ1v) is 9.34. The molecule has 1 aliphatic heterocycles. The number of rotatable bonds is 3. The summed E-state index contributed by atoms with van der Waals surface area (Å²) in [6, 6.07) is 2.30. The van der Waals surface area contributed by atoms with Gasteiger partial charge in [-0.25, -0.2) is 12.8 Å². The number of hydrogen-bond acceptors (Lipinski definition) is 3. The Morgan fingerprint density at radius 2 is 2.10 bits per heavy atom. The number of nitrogens with zero attached hydrogens (tertiary/aromatic N) is 1. The van der Waals surface area contributed by atoms with Gasteiger partial charge in [-0.1, -0.05) is 13.3 Å². The second kappa shape index (κ2) is 6.62. The quantitative estimate of drug-likeness (QED) is 0.819. The third-order valence-electron chi connectivity index (χ3n) is 4.05. The van der Waals surface area contributed by atoms with Crippen molar-refractivity contribution in [3.05, 3.63) is 22.4 Å². The molecule has 1 atom stereocenters. The highest BCUT2D eigenvalue weighted by Crippen LogP contribution is 2.30. The van der Waals surface area contributed by atoms with E-state index in [0.717, 1.165) is 31.7 Å². The van der Waals surface area contributed by atoms with Crippen molar-refractivity contribution in [3.8, 4) is 0 Å². The van der Waals surface area contributed by atoms with Gasteiger partial charge in [0.1, 0.15) is 10.7 Å². The van der Waals surface area contributed by atoms with Crippen molar-refractivity contribution in [1.82, 2.24) is 4.31 Å². The van der Waals surface area contributed by atoms with Gasteiger partial charge in [0.25, 0.3) is 0 Å². The highest BCUT2D eigenvalue weighted by molar-refractivity contribution is 9.10. The number of anilines is 1. The molecule has 0 bridgehead atoms. The molecule has 118 valence electrons. The van der Waals surface area contributed by atoms with Gasteiger partial charge in [-0.2, -0.15) is 4.31 Å². The maximum absolute atomic E-state index is 13.4. The van der Waals surface area contributed by atoms with Crippen molar-refractivity contribution in [3.63, 3.8) is 0 Å². The second-order valence-electron chi connectivity index (χ2n) is 5.41. The van der Waals surface area contributed by atoms with E-state index < -0.39 is 15.8 Å². The summed E-state index contributed by atoms with van der Waals surface area (Å²) in [4.78, 5) is -0.0225. The monoisotopic (exact) mass is 378 g/mol. The van der Waals surface area contributed by atoms with Crippen LogP contribution in [0.5, 0.6) is 0 Å². The van der Waals surface area contributed by atoms with Crippen LogP contribution in [-0.2, 0) is 10.0 Å². The SMILES string of the molecule is CCC1CCCN(S(=O)(=O)c2cc(Br)c(F)cc2N)CC1. The molecule has 7 heteroatoms. The number of sulfonamides is 1. The Kier molecular flexibility index (Phi) is 5.27. The summed E-state index contributed by atoms with van der Waals surface area (Å²) >= 11 is 3.02. The van der Waals surface area contributed by atoms with Gasteiger partial charge in [-0.3, -0.25) is 0 Å². The number of nitrogens with two attached hydrogens (primary N) is 1. The van der Waals surface area contributed by atoms with E-state index in [2.05, 4.69) is 22.9 Å². The van der Waals surface area contributed by atoms with Crippen LogP contribution in [0, 0.1) is 11.7 Å². The lowest BCUT2D eigenvalue weighted by Gasteiger charge is -2.21. The fourth-order valence-electron chi connectivity index (χ4n) is 2.69. The fourth-order valence-corrected chi connectivity index (χ4v) is 4.81. The van der Waals surface area contributed by atoms with Gasteiger partial charge >= 0.3 is 0 Å². The summed E-state index contributed by atoms with van der Waals surface area (Å²) < 4.78 is 40.4. The molecule has 0 amide bonds. The van der Waals surface area contributed by atoms with Gasteiger partial charge in [0.05, 0.1) is 10.2 Å². The molecule has 1 aromatic carbocycles. The number of nitrogen functional groups attached to an aromatic ring is 1. The summed E-state index contributed by atoms with van der Waals surface area (Å²) in [5.41, 5.74) is 5.66. The Hall–Kier alpha value is -0.660. The Balaban J connectivity index is 2.32. The molecule has 1 saturated heterocycles. The van der Waals surface area contributed by atoms with Crippen LogP contribution in [-0.4, -0.2) is 25.8 Å². The summed E-state index contributed by atoms with van der Waals surface area (Å²) in [5.74, 6) is 0.0101. The Labute approximate surface area is 133 Å². The molecule has 4 nitrogen and oxygen atoms in total. The van der Waals surface area contributed by atoms with Gasteiger partial charge in [0.15, 0.2) is 0 Å². The van der Waals surface area contributed by atoms with E-state index in [1.165, 1.54) is 10.4 Å². The molecule has 1 unspecified atom stereocenters. The lowest BCUT2D eigenvalue weighted by molar-refractivity contribution is 0.407. The molecule has 2 N–H and O–H groups in total. The first-order chi connectivity index (χ1) is 9.86. The summed E-state index contributed by atoms with van der Waals surface area (Å²) in [6.45, 7) is 3.12. The van der Waals surface area contributed by atoms with Crippen LogP contribution in [0.4, 0.5) is 10.1 Å². The van der Waals surface area contributed by atoms with E-state index in [9.17, 15) is 12.8 Å². The minimum absolute atomic E-state index is 0.0225. The van der Waals surface area contributed by atoms with Crippen molar-refractivity contribution in [2.24, 2.45) is 5.92 Å². The van der Waals surface area contributed by atoms with Crippen LogP contribution in [0.1, 0.15) is 32.6 Å². The molecule has 1 aliphatic rings. The molecule has 0 saturated carbocycles. The maximum atomic E-state index is 13.4. The molecule has 0 aliphatic carbocycles. The minimum atomic E-state index is -3.68. The zero-order valence-corrected chi connectivity index (χ0v) is 14.4. The van der Waals surface area contributed by atoms with Crippen molar-refractivity contribution in [2.75, 3.05) is 18.8 Å². The second-order valence-corrected chi connectivity index (χ2v) is 8.17. The van der Waals surface area contributed by atoms with E-state index in [1.807, 2.05) is 0 Å². The highest BCUT2D eigenvalue weighted by atomic mass is 79.9. The summed E-state index contributed by atoms with van der Waals surface area (Å²) in [6.07, 6.45) is 3.82. The van der Waals surface area contributed by atoms with Gasteiger partial charge in [0, 0.05) is 13.1 Å². The van der Waals surface area contributed by atoms with Crippen LogP contribution in [0.15, 0.2) is 21.5 Å². The van der Waals surface area contributed by atoms with Crippen LogP contribution in [0.2, 0.25) is 0 Å². The number of benzene rings is 1. The molecular formula is C14H20BrFN2O2S. The van der Waals surface area contributed by atoms with Crippen LogP contribution in [0.25, 0.3) is 0 Å². The van der Waals surface area contributed by atoms with Gasteiger partial charge < -0.3 is 5.73 Å². The number of halogens is 2. The average Bonchev–Trinajstić information content (AvgIpc) is 2.68. The fraction of sp³-hybridized carbons (Fsp3) is 0.571. The van der Waals surface area contributed by atoms with Crippen molar-refractivity contribution >= 4 is 31.6 Å². The average molecular weight is 379 g/mol. The van der Waals surface area contributed by atoms with E-state index >= 15 is 0 Å². The van der Waals surface area contributed by atoms with E-state index in [4.69, 9.17) is 5.73 Å². The zero-order valence-electron chi connectivity index (χ0n) is 12.0. The Bertz CT molecular complexity index is 622. The van der Waals surface area contributed by atoms with Crippen molar-refractivity contribution in [2.45, 2.75) is 37.5 Å². The molecule has 0 spiro atoms. The predicted octanol–water partition coefficient (Wildman–Crippen LogP) is 3.37. The van der Waals surface area contributed by atoms with Gasteiger partial charge in [-0.15, -0.1) is 0 Å². The molecular weight excluding hydrogens is 359 g/mol. The summed E-state index contributed by atoms with van der Waals surface area (Å²) in [7, 11) is -3.68. The zero-order chi connectivity index (χ0) is 15.6. The van der Waals surface area contributed by atoms with Crippen molar-refractivity contribution in [1.29, 1.82) is 0 Å². The molecule has 0 radical (unpaired) electrons. The number of hydrogen-bond donors (Lipinski definition) is 1. The van der Waals surface area contributed by atoms with E-state index in [0.29, 0.717) is 19.0 Å². The molecule has 21 heavy (non-hydrogen) atoms.